The van der Waals surface area contributed by atoms with E-state index in [4.69, 9.17) is 0 Å². The molecule has 0 aromatic heterocycles. The second-order valence-electron chi connectivity index (χ2n) is 8.04. The van der Waals surface area contributed by atoms with Gasteiger partial charge in [0.15, 0.2) is 0 Å². The summed E-state index contributed by atoms with van der Waals surface area (Å²) in [6.07, 6.45) is 0.786. The lowest BCUT2D eigenvalue weighted by Crippen LogP contribution is -2.44. The van der Waals surface area contributed by atoms with E-state index < -0.39 is 21.7 Å². The minimum Gasteiger partial charge on any atom is -0.367 e. The zero-order valence-corrected chi connectivity index (χ0v) is 20.1. The Morgan fingerprint density at radius 1 is 1.12 bits per heavy atom. The van der Waals surface area contributed by atoms with Crippen molar-refractivity contribution in [3.05, 3.63) is 53.8 Å². The van der Waals surface area contributed by atoms with Crippen LogP contribution in [-0.2, 0) is 14.8 Å². The fraction of sp³-hybridized carbons (Fsp3) is 0.391. The summed E-state index contributed by atoms with van der Waals surface area (Å²) in [4.78, 5) is 28.2. The maximum Gasteiger partial charge on any atom is 0.261 e. The first-order valence-electron chi connectivity index (χ1n) is 11.1. The normalized spacial score (nSPS) is 13.9. The fourth-order valence-electron chi connectivity index (χ4n) is 3.58. The van der Waals surface area contributed by atoms with Gasteiger partial charge in [-0.2, -0.15) is 0 Å². The van der Waals surface area contributed by atoms with Crippen molar-refractivity contribution >= 4 is 33.2 Å². The summed E-state index contributed by atoms with van der Waals surface area (Å²) in [6.45, 7) is 5.14. The molecule has 1 heterocycles. The highest BCUT2D eigenvalue weighted by Gasteiger charge is 2.23. The zero-order chi connectivity index (χ0) is 24.7. The summed E-state index contributed by atoms with van der Waals surface area (Å²) in [5.74, 6) is -1.23. The quantitative estimate of drug-likeness (QED) is 0.492. The molecule has 1 aliphatic rings. The predicted molar refractivity (Wildman–Crippen MR) is 129 cm³/mol. The number of nitrogens with one attached hydrogen (secondary N) is 3. The first kappa shape index (κ1) is 25.4. The van der Waals surface area contributed by atoms with E-state index in [1.54, 1.807) is 12.1 Å². The Bertz CT molecular complexity index is 1120. The molecule has 2 aromatic carbocycles. The van der Waals surface area contributed by atoms with E-state index in [2.05, 4.69) is 15.4 Å². The Morgan fingerprint density at radius 2 is 1.79 bits per heavy atom. The Balaban J connectivity index is 1.90. The van der Waals surface area contributed by atoms with Gasteiger partial charge in [0.1, 0.15) is 5.82 Å². The van der Waals surface area contributed by atoms with E-state index >= 15 is 0 Å². The minimum absolute atomic E-state index is 0.0957. The van der Waals surface area contributed by atoms with Crippen molar-refractivity contribution < 1.29 is 22.4 Å². The highest BCUT2D eigenvalue weighted by molar-refractivity contribution is 7.92. The summed E-state index contributed by atoms with van der Waals surface area (Å²) < 4.78 is 41.8. The highest BCUT2D eigenvalue weighted by Crippen LogP contribution is 2.30. The lowest BCUT2D eigenvalue weighted by Gasteiger charge is -2.31. The van der Waals surface area contributed by atoms with Crippen LogP contribution in [0.4, 0.5) is 15.8 Å². The van der Waals surface area contributed by atoms with Crippen molar-refractivity contribution in [2.45, 2.75) is 18.2 Å². The summed E-state index contributed by atoms with van der Waals surface area (Å²) >= 11 is 0. The number of amides is 2. The van der Waals surface area contributed by atoms with Gasteiger partial charge in [-0.1, -0.05) is 6.92 Å². The van der Waals surface area contributed by atoms with Gasteiger partial charge in [0.25, 0.3) is 15.9 Å². The minimum atomic E-state index is -4.03. The van der Waals surface area contributed by atoms with Crippen LogP contribution in [0.25, 0.3) is 0 Å². The number of hydrogen-bond donors (Lipinski definition) is 3. The van der Waals surface area contributed by atoms with Crippen LogP contribution in [-0.4, -0.2) is 71.4 Å². The maximum absolute atomic E-state index is 13.3. The second-order valence-corrected chi connectivity index (χ2v) is 9.72. The highest BCUT2D eigenvalue weighted by atomic mass is 32.2. The third-order valence-corrected chi connectivity index (χ3v) is 6.75. The number of anilines is 2. The number of piperazine rings is 1. The molecule has 0 atom stereocenters. The number of likely N-dealkylation sites (N-methyl/N-ethyl adjacent to an activating group) is 1. The molecule has 0 spiro atoms. The Kier molecular flexibility index (Phi) is 8.46. The van der Waals surface area contributed by atoms with Crippen LogP contribution in [0.5, 0.6) is 0 Å². The second kappa shape index (κ2) is 11.3. The maximum atomic E-state index is 13.3. The van der Waals surface area contributed by atoms with E-state index in [1.165, 1.54) is 30.1 Å². The van der Waals surface area contributed by atoms with E-state index in [1.807, 2.05) is 11.8 Å². The van der Waals surface area contributed by atoms with Crippen LogP contribution in [0.3, 0.4) is 0 Å². The molecule has 0 aliphatic carbocycles. The predicted octanol–water partition coefficient (Wildman–Crippen LogP) is 1.63. The molecule has 3 N–H and O–H groups in total. The van der Waals surface area contributed by atoms with Crippen LogP contribution >= 0.6 is 0 Å². The van der Waals surface area contributed by atoms with E-state index in [0.29, 0.717) is 25.3 Å². The standard InChI is InChI=1S/C23H30FN5O4S/c1-3-10-26-22(30)16-28(2)23(31)17-4-9-21(29-13-11-25-12-14-29)20(15-17)27-34(32,33)19-7-5-18(24)6-8-19/h4-9,15,25,27H,3,10-14,16H2,1-2H3,(H,26,30). The lowest BCUT2D eigenvalue weighted by atomic mass is 10.1. The van der Waals surface area contributed by atoms with Crippen LogP contribution in [0, 0.1) is 5.82 Å². The van der Waals surface area contributed by atoms with Crippen molar-refractivity contribution in [3.63, 3.8) is 0 Å². The van der Waals surface area contributed by atoms with Crippen molar-refractivity contribution in [2.75, 3.05) is 55.9 Å². The van der Waals surface area contributed by atoms with Crippen molar-refractivity contribution in [1.29, 1.82) is 0 Å². The van der Waals surface area contributed by atoms with Gasteiger partial charge in [-0.25, -0.2) is 12.8 Å². The van der Waals surface area contributed by atoms with E-state index in [-0.39, 0.29) is 28.6 Å². The van der Waals surface area contributed by atoms with E-state index in [9.17, 15) is 22.4 Å². The van der Waals surface area contributed by atoms with Gasteiger partial charge in [0.05, 0.1) is 22.8 Å². The van der Waals surface area contributed by atoms with Crippen LogP contribution < -0.4 is 20.3 Å². The number of carbonyl (C=O) groups excluding carboxylic acids is 2. The molecule has 0 bridgehead atoms. The average molecular weight is 492 g/mol. The largest absolute Gasteiger partial charge is 0.367 e. The first-order valence-corrected chi connectivity index (χ1v) is 12.6. The summed E-state index contributed by atoms with van der Waals surface area (Å²) in [5.41, 5.74) is 1.11. The molecule has 2 aromatic rings. The Hall–Kier alpha value is -3.18. The van der Waals surface area contributed by atoms with Crippen molar-refractivity contribution in [2.24, 2.45) is 0 Å². The first-order chi connectivity index (χ1) is 16.2. The van der Waals surface area contributed by atoms with Crippen LogP contribution in [0.1, 0.15) is 23.7 Å². The van der Waals surface area contributed by atoms with Gasteiger partial charge in [-0.3, -0.25) is 14.3 Å². The van der Waals surface area contributed by atoms with Crippen molar-refractivity contribution in [3.8, 4) is 0 Å². The molecule has 1 fully saturated rings. The van der Waals surface area contributed by atoms with Gasteiger partial charge < -0.3 is 20.4 Å². The molecule has 1 saturated heterocycles. The molecule has 11 heteroatoms. The van der Waals surface area contributed by atoms with Crippen LogP contribution in [0.15, 0.2) is 47.4 Å². The monoisotopic (exact) mass is 491 g/mol. The molecule has 2 amide bonds. The zero-order valence-electron chi connectivity index (χ0n) is 19.3. The smallest absolute Gasteiger partial charge is 0.261 e. The Labute approximate surface area is 199 Å². The molecule has 0 unspecified atom stereocenters. The van der Waals surface area contributed by atoms with Crippen LogP contribution in [0.2, 0.25) is 0 Å². The van der Waals surface area contributed by atoms with Crippen molar-refractivity contribution in [1.82, 2.24) is 15.5 Å². The molecule has 9 nitrogen and oxygen atoms in total. The molecule has 184 valence electrons. The molecule has 3 rings (SSSR count). The summed E-state index contributed by atoms with van der Waals surface area (Å²) in [6, 6.07) is 9.30. The number of nitrogens with zero attached hydrogens (tertiary/aromatic N) is 2. The third kappa shape index (κ3) is 6.45. The molecule has 0 radical (unpaired) electrons. The fourth-order valence-corrected chi connectivity index (χ4v) is 4.64. The summed E-state index contributed by atoms with van der Waals surface area (Å²) in [5, 5.41) is 5.97. The third-order valence-electron chi connectivity index (χ3n) is 5.37. The van der Waals surface area contributed by atoms with Gasteiger partial charge in [-0.05, 0) is 48.9 Å². The molecular formula is C23H30FN5O4S. The average Bonchev–Trinajstić information content (AvgIpc) is 2.82. The lowest BCUT2D eigenvalue weighted by molar-refractivity contribution is -0.121. The van der Waals surface area contributed by atoms with E-state index in [0.717, 1.165) is 31.6 Å². The summed E-state index contributed by atoms with van der Waals surface area (Å²) in [7, 11) is -2.52. The van der Waals surface area contributed by atoms with Gasteiger partial charge in [-0.15, -0.1) is 0 Å². The molecule has 1 aliphatic heterocycles. The number of benzene rings is 2. The number of carbonyl (C=O) groups is 2. The van der Waals surface area contributed by atoms with Gasteiger partial charge in [0.2, 0.25) is 5.91 Å². The van der Waals surface area contributed by atoms with Gasteiger partial charge in [0, 0.05) is 45.3 Å². The number of halogens is 1. The number of hydrogen-bond acceptors (Lipinski definition) is 6. The SMILES string of the molecule is CCCNC(=O)CN(C)C(=O)c1ccc(N2CCNCC2)c(NS(=O)(=O)c2ccc(F)cc2)c1. The number of rotatable bonds is 9. The molecule has 0 saturated carbocycles. The molecular weight excluding hydrogens is 461 g/mol. The van der Waals surface area contributed by atoms with Gasteiger partial charge >= 0.3 is 0 Å². The number of sulfonamides is 1. The topological polar surface area (TPSA) is 111 Å². The Morgan fingerprint density at radius 3 is 2.44 bits per heavy atom. The molecule has 34 heavy (non-hydrogen) atoms.